The molecule has 1 aromatic rings. The Labute approximate surface area is 124 Å². The van der Waals surface area contributed by atoms with Crippen LogP contribution < -0.4 is 4.72 Å². The smallest absolute Gasteiger partial charge is 0.307 e. The molecule has 1 heterocycles. The highest BCUT2D eigenvalue weighted by Crippen LogP contribution is 2.16. The molecule has 116 valence electrons. The van der Waals surface area contributed by atoms with Crippen LogP contribution in [0.15, 0.2) is 29.2 Å². The minimum absolute atomic E-state index is 0.116. The van der Waals surface area contributed by atoms with Gasteiger partial charge in [-0.05, 0) is 36.5 Å². The van der Waals surface area contributed by atoms with E-state index < -0.39 is 16.0 Å². The van der Waals surface area contributed by atoms with Crippen LogP contribution in [0, 0.1) is 5.92 Å². The maximum atomic E-state index is 12.1. The lowest BCUT2D eigenvalue weighted by Crippen LogP contribution is -2.26. The molecule has 7 heteroatoms. The predicted molar refractivity (Wildman–Crippen MR) is 76.5 cm³/mol. The molecule has 0 aromatic heterocycles. The number of carboxylic acids is 1. The van der Waals surface area contributed by atoms with Crippen LogP contribution in [0.4, 0.5) is 0 Å². The highest BCUT2D eigenvalue weighted by atomic mass is 32.2. The molecular formula is C14H19NO5S. The van der Waals surface area contributed by atoms with Gasteiger partial charge in [0.15, 0.2) is 0 Å². The number of sulfonamides is 1. The van der Waals surface area contributed by atoms with Crippen LogP contribution in [0.2, 0.25) is 0 Å². The van der Waals surface area contributed by atoms with Crippen molar-refractivity contribution in [1.82, 2.24) is 4.72 Å². The number of hydrogen-bond donors (Lipinski definition) is 2. The maximum Gasteiger partial charge on any atom is 0.307 e. The van der Waals surface area contributed by atoms with Gasteiger partial charge in [0.25, 0.3) is 0 Å². The van der Waals surface area contributed by atoms with Gasteiger partial charge in [-0.15, -0.1) is 0 Å². The summed E-state index contributed by atoms with van der Waals surface area (Å²) in [5.74, 6) is -0.520. The van der Waals surface area contributed by atoms with E-state index in [4.69, 9.17) is 9.84 Å². The molecular weight excluding hydrogens is 294 g/mol. The zero-order chi connectivity index (χ0) is 15.3. The summed E-state index contributed by atoms with van der Waals surface area (Å²) in [6.45, 7) is 1.83. The van der Waals surface area contributed by atoms with E-state index in [-0.39, 0.29) is 11.3 Å². The lowest BCUT2D eigenvalue weighted by molar-refractivity contribution is -0.136. The average Bonchev–Trinajstić information content (AvgIpc) is 2.91. The Morgan fingerprint density at radius 2 is 2.05 bits per heavy atom. The first-order valence-corrected chi connectivity index (χ1v) is 8.34. The molecule has 1 unspecified atom stereocenters. The van der Waals surface area contributed by atoms with E-state index in [0.29, 0.717) is 24.6 Å². The average molecular weight is 313 g/mol. The Balaban J connectivity index is 1.90. The monoisotopic (exact) mass is 313 g/mol. The van der Waals surface area contributed by atoms with Crippen molar-refractivity contribution in [1.29, 1.82) is 0 Å². The van der Waals surface area contributed by atoms with Crippen LogP contribution in [-0.2, 0) is 26.0 Å². The molecule has 0 amide bonds. The summed E-state index contributed by atoms with van der Waals surface area (Å²) in [5, 5.41) is 8.68. The normalized spacial score (nSPS) is 18.8. The fraction of sp³-hybridized carbons (Fsp3) is 0.500. The van der Waals surface area contributed by atoms with Gasteiger partial charge in [0, 0.05) is 19.8 Å². The van der Waals surface area contributed by atoms with E-state index >= 15 is 0 Å². The van der Waals surface area contributed by atoms with Gasteiger partial charge in [-0.1, -0.05) is 12.1 Å². The third-order valence-electron chi connectivity index (χ3n) is 3.46. The Morgan fingerprint density at radius 3 is 2.62 bits per heavy atom. The van der Waals surface area contributed by atoms with E-state index in [1.165, 1.54) is 24.3 Å². The summed E-state index contributed by atoms with van der Waals surface area (Å²) in [6.07, 6.45) is 1.62. The third kappa shape index (κ3) is 4.80. The third-order valence-corrected chi connectivity index (χ3v) is 4.93. The van der Waals surface area contributed by atoms with Gasteiger partial charge in [-0.25, -0.2) is 13.1 Å². The lowest BCUT2D eigenvalue weighted by Gasteiger charge is -2.10. The molecule has 0 aliphatic carbocycles. The minimum atomic E-state index is -3.54. The van der Waals surface area contributed by atoms with Gasteiger partial charge in [-0.3, -0.25) is 4.79 Å². The number of rotatable bonds is 7. The first-order valence-electron chi connectivity index (χ1n) is 6.85. The second-order valence-corrected chi connectivity index (χ2v) is 6.90. The molecule has 1 atom stereocenters. The number of ether oxygens (including phenoxy) is 1. The molecule has 1 aromatic carbocycles. The van der Waals surface area contributed by atoms with Crippen molar-refractivity contribution in [2.75, 3.05) is 19.8 Å². The second kappa shape index (κ2) is 7.02. The van der Waals surface area contributed by atoms with E-state index in [2.05, 4.69) is 4.72 Å². The van der Waals surface area contributed by atoms with E-state index in [1.54, 1.807) is 0 Å². The summed E-state index contributed by atoms with van der Waals surface area (Å²) < 4.78 is 32.0. The molecule has 21 heavy (non-hydrogen) atoms. The standard InChI is InChI=1S/C14H19NO5S/c16-14(17)9-11-1-3-13(4-2-11)21(18,19)15-7-5-12-6-8-20-10-12/h1-4,12,15H,5-10H2,(H,16,17). The van der Waals surface area contributed by atoms with Crippen molar-refractivity contribution in [2.24, 2.45) is 5.92 Å². The fourth-order valence-electron chi connectivity index (χ4n) is 2.25. The highest BCUT2D eigenvalue weighted by molar-refractivity contribution is 7.89. The molecule has 0 saturated carbocycles. The van der Waals surface area contributed by atoms with Crippen LogP contribution in [-0.4, -0.2) is 39.3 Å². The number of hydrogen-bond acceptors (Lipinski definition) is 4. The number of carbonyl (C=O) groups is 1. The van der Waals surface area contributed by atoms with Crippen molar-refractivity contribution < 1.29 is 23.1 Å². The number of carboxylic acid groups (broad SMARTS) is 1. The van der Waals surface area contributed by atoms with Crippen LogP contribution in [0.25, 0.3) is 0 Å². The lowest BCUT2D eigenvalue weighted by atomic mass is 10.1. The molecule has 6 nitrogen and oxygen atoms in total. The molecule has 0 spiro atoms. The van der Waals surface area contributed by atoms with Crippen molar-refractivity contribution in [3.05, 3.63) is 29.8 Å². The Hall–Kier alpha value is -1.44. The molecule has 0 bridgehead atoms. The fourth-order valence-corrected chi connectivity index (χ4v) is 3.30. The molecule has 2 N–H and O–H groups in total. The number of aliphatic carboxylic acids is 1. The van der Waals surface area contributed by atoms with E-state index in [1.807, 2.05) is 0 Å². The van der Waals surface area contributed by atoms with Crippen LogP contribution in [0.3, 0.4) is 0 Å². The molecule has 1 saturated heterocycles. The van der Waals surface area contributed by atoms with Gasteiger partial charge < -0.3 is 9.84 Å². The van der Waals surface area contributed by atoms with Crippen molar-refractivity contribution in [3.8, 4) is 0 Å². The number of benzene rings is 1. The van der Waals surface area contributed by atoms with E-state index in [9.17, 15) is 13.2 Å². The van der Waals surface area contributed by atoms with Crippen molar-refractivity contribution in [2.45, 2.75) is 24.2 Å². The van der Waals surface area contributed by atoms with Crippen LogP contribution in [0.1, 0.15) is 18.4 Å². The zero-order valence-corrected chi connectivity index (χ0v) is 12.4. The van der Waals surface area contributed by atoms with Crippen molar-refractivity contribution >= 4 is 16.0 Å². The predicted octanol–water partition coefficient (Wildman–Crippen LogP) is 1.02. The Bertz CT molecular complexity index is 576. The first-order chi connectivity index (χ1) is 9.97. The largest absolute Gasteiger partial charge is 0.481 e. The SMILES string of the molecule is O=C(O)Cc1ccc(S(=O)(=O)NCCC2CCOC2)cc1. The van der Waals surface area contributed by atoms with E-state index in [0.717, 1.165) is 19.4 Å². The van der Waals surface area contributed by atoms with Gasteiger partial charge in [0.1, 0.15) is 0 Å². The van der Waals surface area contributed by atoms with Crippen LogP contribution >= 0.6 is 0 Å². The van der Waals surface area contributed by atoms with Gasteiger partial charge in [-0.2, -0.15) is 0 Å². The second-order valence-electron chi connectivity index (χ2n) is 5.13. The van der Waals surface area contributed by atoms with Gasteiger partial charge in [0.05, 0.1) is 11.3 Å². The molecule has 1 aliphatic heterocycles. The van der Waals surface area contributed by atoms with Gasteiger partial charge in [0.2, 0.25) is 10.0 Å². The summed E-state index contributed by atoms with van der Waals surface area (Å²) >= 11 is 0. The quantitative estimate of drug-likeness (QED) is 0.784. The molecule has 2 rings (SSSR count). The summed E-state index contributed by atoms with van der Waals surface area (Å²) in [6, 6.07) is 5.90. The van der Waals surface area contributed by atoms with Crippen LogP contribution in [0.5, 0.6) is 0 Å². The van der Waals surface area contributed by atoms with Crippen molar-refractivity contribution in [3.63, 3.8) is 0 Å². The Morgan fingerprint density at radius 1 is 1.33 bits per heavy atom. The first kappa shape index (κ1) is 15.9. The molecule has 1 fully saturated rings. The minimum Gasteiger partial charge on any atom is -0.481 e. The zero-order valence-electron chi connectivity index (χ0n) is 11.6. The number of nitrogens with one attached hydrogen (secondary N) is 1. The Kier molecular flexibility index (Phi) is 5.33. The summed E-state index contributed by atoms with van der Waals surface area (Å²) in [7, 11) is -3.54. The summed E-state index contributed by atoms with van der Waals surface area (Å²) in [4.78, 5) is 10.7. The summed E-state index contributed by atoms with van der Waals surface area (Å²) in [5.41, 5.74) is 0.574. The maximum absolute atomic E-state index is 12.1. The van der Waals surface area contributed by atoms with Gasteiger partial charge >= 0.3 is 5.97 Å². The highest BCUT2D eigenvalue weighted by Gasteiger charge is 2.18. The molecule has 0 radical (unpaired) electrons. The molecule has 1 aliphatic rings. The topological polar surface area (TPSA) is 92.7 Å².